The Morgan fingerprint density at radius 2 is 1.75 bits per heavy atom. The minimum Gasteiger partial charge on any atom is -0.390 e. The smallest absolute Gasteiger partial charge is 0.255 e. The van der Waals surface area contributed by atoms with Gasteiger partial charge in [0.2, 0.25) is 0 Å². The molecule has 2 bridgehead atoms. The van der Waals surface area contributed by atoms with E-state index < -0.39 is 35.1 Å². The predicted octanol–water partition coefficient (Wildman–Crippen LogP) is 5.40. The molecular formula is C23H23ClF3NO3S. The van der Waals surface area contributed by atoms with Crippen LogP contribution < -0.4 is 5.32 Å². The number of amides is 1. The first-order chi connectivity index (χ1) is 15.1. The van der Waals surface area contributed by atoms with E-state index in [4.69, 9.17) is 11.6 Å². The van der Waals surface area contributed by atoms with Gasteiger partial charge in [-0.25, -0.2) is 13.2 Å². The van der Waals surface area contributed by atoms with Gasteiger partial charge < -0.3 is 15.5 Å². The lowest BCUT2D eigenvalue weighted by molar-refractivity contribution is -0.134. The van der Waals surface area contributed by atoms with Crippen LogP contribution in [0.2, 0.25) is 5.02 Å². The monoisotopic (exact) mass is 485 g/mol. The SMILES string of the molecule is CC(O)[C@]1(O)C2CC[C@H]1C[C@H](Sc1cc(C(=O)Nc3cc(F)c(F)c(F)c3)ccc1Cl)C2. The second-order valence-corrected chi connectivity index (χ2v) is 10.3. The Bertz CT molecular complexity index is 1010. The Morgan fingerprint density at radius 3 is 2.31 bits per heavy atom. The molecule has 0 saturated heterocycles. The summed E-state index contributed by atoms with van der Waals surface area (Å²) >= 11 is 7.87. The topological polar surface area (TPSA) is 69.6 Å². The van der Waals surface area contributed by atoms with Crippen molar-refractivity contribution in [1.82, 2.24) is 0 Å². The van der Waals surface area contributed by atoms with Gasteiger partial charge >= 0.3 is 0 Å². The number of aliphatic hydroxyl groups excluding tert-OH is 1. The van der Waals surface area contributed by atoms with Gasteiger partial charge in [0, 0.05) is 33.5 Å². The van der Waals surface area contributed by atoms with Crippen molar-refractivity contribution in [3.63, 3.8) is 0 Å². The lowest BCUT2D eigenvalue weighted by atomic mass is 9.71. The van der Waals surface area contributed by atoms with E-state index in [2.05, 4.69) is 5.32 Å². The molecule has 3 N–H and O–H groups in total. The van der Waals surface area contributed by atoms with Gasteiger partial charge in [0.15, 0.2) is 17.5 Å². The number of nitrogens with one attached hydrogen (secondary N) is 1. The molecule has 2 saturated carbocycles. The van der Waals surface area contributed by atoms with Crippen LogP contribution in [0.3, 0.4) is 0 Å². The maximum absolute atomic E-state index is 13.4. The van der Waals surface area contributed by atoms with Crippen molar-refractivity contribution in [1.29, 1.82) is 0 Å². The first-order valence-corrected chi connectivity index (χ1v) is 11.7. The first kappa shape index (κ1) is 23.4. The number of carbonyl (C=O) groups excluding carboxylic acids is 1. The van der Waals surface area contributed by atoms with E-state index in [9.17, 15) is 28.2 Å². The van der Waals surface area contributed by atoms with Crippen LogP contribution in [0.15, 0.2) is 35.2 Å². The van der Waals surface area contributed by atoms with Gasteiger partial charge in [-0.3, -0.25) is 4.79 Å². The number of benzene rings is 2. The summed E-state index contributed by atoms with van der Waals surface area (Å²) in [5, 5.41) is 24.1. The standard InChI is InChI=1S/C23H23ClF3NO3S/c1-11(29)23(31)13-3-4-14(23)8-16(7-13)32-20-6-12(2-5-17(20)24)22(30)28-15-9-18(25)21(27)19(26)10-15/h2,5-6,9-11,13-14,16,29,31H,3-4,7-8H2,1H3,(H,28,30)/t11?,13-,14?,16-,23+/m0/s1. The molecule has 32 heavy (non-hydrogen) atoms. The molecule has 5 atom stereocenters. The van der Waals surface area contributed by atoms with Crippen LogP contribution in [-0.4, -0.2) is 33.1 Å². The van der Waals surface area contributed by atoms with E-state index in [1.165, 1.54) is 17.8 Å². The Hall–Kier alpha value is -1.74. The number of hydrogen-bond donors (Lipinski definition) is 3. The fourth-order valence-corrected chi connectivity index (χ4v) is 6.71. The van der Waals surface area contributed by atoms with E-state index in [-0.39, 0.29) is 28.3 Å². The van der Waals surface area contributed by atoms with E-state index in [0.717, 1.165) is 25.7 Å². The summed E-state index contributed by atoms with van der Waals surface area (Å²) in [5.41, 5.74) is -1.01. The predicted molar refractivity (Wildman–Crippen MR) is 117 cm³/mol. The third kappa shape index (κ3) is 4.25. The van der Waals surface area contributed by atoms with Gasteiger partial charge in [0.25, 0.3) is 5.91 Å². The van der Waals surface area contributed by atoms with E-state index >= 15 is 0 Å². The molecule has 9 heteroatoms. The van der Waals surface area contributed by atoms with Crippen molar-refractivity contribution in [3.8, 4) is 0 Å². The molecule has 0 aliphatic heterocycles. The van der Waals surface area contributed by atoms with Gasteiger partial charge in [-0.2, -0.15) is 0 Å². The average Bonchev–Trinajstić information content (AvgIpc) is 2.91. The molecule has 2 aliphatic rings. The highest BCUT2D eigenvalue weighted by atomic mass is 35.5. The number of thioether (sulfide) groups is 1. The summed E-state index contributed by atoms with van der Waals surface area (Å²) in [4.78, 5) is 13.3. The molecule has 1 amide bonds. The molecule has 2 aromatic rings. The number of fused-ring (bicyclic) bond motifs is 2. The van der Waals surface area contributed by atoms with Crippen LogP contribution in [0.5, 0.6) is 0 Å². The largest absolute Gasteiger partial charge is 0.390 e. The summed E-state index contributed by atoms with van der Waals surface area (Å²) in [5.74, 6) is -4.98. The van der Waals surface area contributed by atoms with Crippen molar-refractivity contribution in [2.75, 3.05) is 5.32 Å². The molecule has 0 aromatic heterocycles. The number of halogens is 4. The third-order valence-electron chi connectivity index (χ3n) is 6.66. The molecule has 2 fully saturated rings. The third-order valence-corrected chi connectivity index (χ3v) is 8.42. The van der Waals surface area contributed by atoms with Gasteiger partial charge in [-0.1, -0.05) is 11.6 Å². The van der Waals surface area contributed by atoms with Crippen molar-refractivity contribution in [2.45, 2.75) is 54.5 Å². The second-order valence-electron chi connectivity index (χ2n) is 8.60. The zero-order chi connectivity index (χ0) is 23.2. The Balaban J connectivity index is 1.48. The highest BCUT2D eigenvalue weighted by Crippen LogP contribution is 2.54. The fraction of sp³-hybridized carbons (Fsp3) is 0.435. The normalized spacial score (nSPS) is 27.9. The number of aliphatic hydroxyl groups is 2. The highest BCUT2D eigenvalue weighted by molar-refractivity contribution is 8.00. The maximum Gasteiger partial charge on any atom is 0.255 e. The van der Waals surface area contributed by atoms with Gasteiger partial charge in [-0.15, -0.1) is 11.8 Å². The molecule has 0 spiro atoms. The van der Waals surface area contributed by atoms with Crippen molar-refractivity contribution in [2.24, 2.45) is 11.8 Å². The van der Waals surface area contributed by atoms with Crippen molar-refractivity contribution in [3.05, 3.63) is 58.4 Å². The summed E-state index contributed by atoms with van der Waals surface area (Å²) in [6.45, 7) is 1.64. The molecule has 2 unspecified atom stereocenters. The van der Waals surface area contributed by atoms with Crippen LogP contribution in [0.4, 0.5) is 18.9 Å². The van der Waals surface area contributed by atoms with Crippen molar-refractivity contribution < 1.29 is 28.2 Å². The van der Waals surface area contributed by atoms with Crippen LogP contribution >= 0.6 is 23.4 Å². The molecule has 4 nitrogen and oxygen atoms in total. The summed E-state index contributed by atoms with van der Waals surface area (Å²) in [6, 6.07) is 6.10. The van der Waals surface area contributed by atoms with Crippen LogP contribution in [-0.2, 0) is 0 Å². The number of carbonyl (C=O) groups is 1. The lowest BCUT2D eigenvalue weighted by Crippen LogP contribution is -2.53. The molecule has 172 valence electrons. The molecule has 2 aromatic carbocycles. The summed E-state index contributed by atoms with van der Waals surface area (Å²) in [6.07, 6.45) is 2.39. The molecule has 2 aliphatic carbocycles. The van der Waals surface area contributed by atoms with E-state index in [1.807, 2.05) is 0 Å². The molecule has 0 radical (unpaired) electrons. The van der Waals surface area contributed by atoms with Gasteiger partial charge in [0.05, 0.1) is 16.7 Å². The zero-order valence-corrected chi connectivity index (χ0v) is 18.8. The minimum atomic E-state index is -1.60. The minimum absolute atomic E-state index is 0.00674. The first-order valence-electron chi connectivity index (χ1n) is 10.4. The van der Waals surface area contributed by atoms with Crippen LogP contribution in [0.25, 0.3) is 0 Å². The number of rotatable bonds is 5. The second kappa shape index (κ2) is 8.89. The fourth-order valence-electron chi connectivity index (χ4n) is 5.07. The van der Waals surface area contributed by atoms with Gasteiger partial charge in [-0.05, 0) is 62.6 Å². The Morgan fingerprint density at radius 1 is 1.16 bits per heavy atom. The highest BCUT2D eigenvalue weighted by Gasteiger charge is 2.55. The summed E-state index contributed by atoms with van der Waals surface area (Å²) < 4.78 is 40.0. The summed E-state index contributed by atoms with van der Waals surface area (Å²) in [7, 11) is 0. The number of hydrogen-bond acceptors (Lipinski definition) is 4. The molecule has 0 heterocycles. The Kier molecular flexibility index (Phi) is 6.51. The van der Waals surface area contributed by atoms with Crippen LogP contribution in [0, 0.1) is 29.3 Å². The molecular weight excluding hydrogens is 463 g/mol. The lowest BCUT2D eigenvalue weighted by Gasteiger charge is -2.44. The van der Waals surface area contributed by atoms with Gasteiger partial charge in [0.1, 0.15) is 0 Å². The van der Waals surface area contributed by atoms with E-state index in [1.54, 1.807) is 19.1 Å². The van der Waals surface area contributed by atoms with Crippen molar-refractivity contribution >= 4 is 35.0 Å². The quantitative estimate of drug-likeness (QED) is 0.496. The number of anilines is 1. The van der Waals surface area contributed by atoms with E-state index in [0.29, 0.717) is 22.1 Å². The van der Waals surface area contributed by atoms with Crippen LogP contribution in [0.1, 0.15) is 43.0 Å². The maximum atomic E-state index is 13.4. The average molecular weight is 486 g/mol. The zero-order valence-electron chi connectivity index (χ0n) is 17.2. The molecule has 4 rings (SSSR count). The Labute approximate surface area is 193 Å².